The van der Waals surface area contributed by atoms with Gasteiger partial charge in [0.15, 0.2) is 0 Å². The number of H-pyrrole nitrogens is 1. The van der Waals surface area contributed by atoms with Gasteiger partial charge >= 0.3 is 5.69 Å². The van der Waals surface area contributed by atoms with Crippen molar-refractivity contribution in [3.63, 3.8) is 0 Å². The molecule has 6 nitrogen and oxygen atoms in total. The van der Waals surface area contributed by atoms with E-state index in [1.807, 2.05) is 4.90 Å². The molecular formula is C15H17FN4O2. The smallest absolute Gasteiger partial charge is 0.328 e. The molecule has 0 saturated carbocycles. The summed E-state index contributed by atoms with van der Waals surface area (Å²) in [6, 6.07) is 6.26. The van der Waals surface area contributed by atoms with E-state index in [1.54, 1.807) is 12.1 Å². The van der Waals surface area contributed by atoms with Gasteiger partial charge in [0, 0.05) is 38.4 Å². The number of halogens is 1. The second-order valence-electron chi connectivity index (χ2n) is 5.26. The number of nitrogens with one attached hydrogen (secondary N) is 2. The highest BCUT2D eigenvalue weighted by Gasteiger charge is 2.14. The molecule has 0 bridgehead atoms. The van der Waals surface area contributed by atoms with Crippen LogP contribution in [0.25, 0.3) is 0 Å². The molecular weight excluding hydrogens is 287 g/mol. The fourth-order valence-corrected chi connectivity index (χ4v) is 2.58. The average molecular weight is 304 g/mol. The third-order valence-corrected chi connectivity index (χ3v) is 3.72. The summed E-state index contributed by atoms with van der Waals surface area (Å²) in [6.45, 7) is 3.45. The molecule has 2 N–H and O–H groups in total. The Morgan fingerprint density at radius 3 is 2.59 bits per heavy atom. The van der Waals surface area contributed by atoms with Crippen molar-refractivity contribution in [2.24, 2.45) is 0 Å². The first-order chi connectivity index (χ1) is 10.6. The second-order valence-corrected chi connectivity index (χ2v) is 5.26. The van der Waals surface area contributed by atoms with Crippen molar-refractivity contribution in [2.45, 2.75) is 6.54 Å². The lowest BCUT2D eigenvalue weighted by Gasteiger charge is -2.29. The first kappa shape index (κ1) is 14.5. The van der Waals surface area contributed by atoms with Crippen LogP contribution in [0.2, 0.25) is 0 Å². The van der Waals surface area contributed by atoms with Gasteiger partial charge in [-0.25, -0.2) is 9.18 Å². The van der Waals surface area contributed by atoms with Crippen LogP contribution in [0.1, 0.15) is 5.56 Å². The summed E-state index contributed by atoms with van der Waals surface area (Å²) >= 11 is 0. The highest BCUT2D eigenvalue weighted by Crippen LogP contribution is 2.21. The van der Waals surface area contributed by atoms with E-state index in [-0.39, 0.29) is 12.4 Å². The van der Waals surface area contributed by atoms with Crippen molar-refractivity contribution >= 4 is 5.69 Å². The molecule has 3 rings (SSSR count). The van der Waals surface area contributed by atoms with Crippen molar-refractivity contribution in [2.75, 3.05) is 31.1 Å². The molecule has 0 spiro atoms. The van der Waals surface area contributed by atoms with Gasteiger partial charge in [0.05, 0.1) is 12.2 Å². The van der Waals surface area contributed by atoms with Crippen LogP contribution in [0.4, 0.5) is 10.1 Å². The minimum absolute atomic E-state index is 0.217. The number of hydrogen-bond acceptors (Lipinski definition) is 4. The zero-order chi connectivity index (χ0) is 15.5. The Bertz CT molecular complexity index is 778. The number of rotatable bonds is 3. The number of piperazine rings is 1. The Morgan fingerprint density at radius 2 is 1.91 bits per heavy atom. The van der Waals surface area contributed by atoms with Crippen LogP contribution in [0, 0.1) is 5.82 Å². The fraction of sp³-hybridized carbons (Fsp3) is 0.333. The number of benzene rings is 1. The molecule has 116 valence electrons. The predicted octanol–water partition coefficient (Wildman–Crippen LogP) is 0.134. The van der Waals surface area contributed by atoms with Crippen LogP contribution < -0.4 is 21.5 Å². The van der Waals surface area contributed by atoms with Gasteiger partial charge in [0.2, 0.25) is 0 Å². The summed E-state index contributed by atoms with van der Waals surface area (Å²) in [7, 11) is 0. The third kappa shape index (κ3) is 3.09. The van der Waals surface area contributed by atoms with E-state index in [2.05, 4.69) is 10.3 Å². The summed E-state index contributed by atoms with van der Waals surface area (Å²) in [5, 5.41) is 3.23. The minimum atomic E-state index is -0.501. The molecule has 1 aliphatic rings. The minimum Gasteiger partial charge on any atom is -0.367 e. The third-order valence-electron chi connectivity index (χ3n) is 3.72. The first-order valence-electron chi connectivity index (χ1n) is 7.17. The maximum atomic E-state index is 14.3. The number of aromatic amines is 1. The van der Waals surface area contributed by atoms with Gasteiger partial charge in [-0.15, -0.1) is 0 Å². The van der Waals surface area contributed by atoms with Crippen molar-refractivity contribution in [1.82, 2.24) is 14.9 Å². The lowest BCUT2D eigenvalue weighted by atomic mass is 10.1. The van der Waals surface area contributed by atoms with E-state index < -0.39 is 11.2 Å². The average Bonchev–Trinajstić information content (AvgIpc) is 2.51. The number of anilines is 1. The van der Waals surface area contributed by atoms with Crippen LogP contribution in [0.3, 0.4) is 0 Å². The van der Waals surface area contributed by atoms with Crippen molar-refractivity contribution in [1.29, 1.82) is 0 Å². The van der Waals surface area contributed by atoms with Crippen LogP contribution in [-0.4, -0.2) is 35.7 Å². The van der Waals surface area contributed by atoms with Gasteiger partial charge in [-0.3, -0.25) is 14.3 Å². The number of nitrogens with zero attached hydrogens (tertiary/aromatic N) is 2. The van der Waals surface area contributed by atoms with E-state index in [1.165, 1.54) is 22.9 Å². The summed E-state index contributed by atoms with van der Waals surface area (Å²) in [5.74, 6) is -0.295. The summed E-state index contributed by atoms with van der Waals surface area (Å²) in [5.41, 5.74) is 0.310. The van der Waals surface area contributed by atoms with Gasteiger partial charge < -0.3 is 10.2 Å². The number of hydrogen-bond donors (Lipinski definition) is 2. The summed E-state index contributed by atoms with van der Waals surface area (Å²) in [6.07, 6.45) is 1.41. The van der Waals surface area contributed by atoms with Crippen molar-refractivity contribution < 1.29 is 4.39 Å². The molecule has 0 unspecified atom stereocenters. The molecule has 1 aromatic carbocycles. The Labute approximate surface area is 126 Å². The monoisotopic (exact) mass is 304 g/mol. The SMILES string of the molecule is O=c1ccn(Cc2ccc(N3CCNCC3)c(F)c2)c(=O)[nH]1. The van der Waals surface area contributed by atoms with Crippen molar-refractivity contribution in [3.05, 3.63) is 62.7 Å². The van der Waals surface area contributed by atoms with Gasteiger partial charge in [0.25, 0.3) is 5.56 Å². The topological polar surface area (TPSA) is 70.1 Å². The summed E-state index contributed by atoms with van der Waals surface area (Å²) < 4.78 is 15.6. The largest absolute Gasteiger partial charge is 0.367 e. The van der Waals surface area contributed by atoms with Crippen LogP contribution in [0.15, 0.2) is 40.1 Å². The molecule has 1 fully saturated rings. The molecule has 1 aliphatic heterocycles. The maximum Gasteiger partial charge on any atom is 0.328 e. The van der Waals surface area contributed by atoms with Gasteiger partial charge in [-0.2, -0.15) is 0 Å². The van der Waals surface area contributed by atoms with E-state index in [4.69, 9.17) is 0 Å². The Hall–Kier alpha value is -2.41. The zero-order valence-corrected chi connectivity index (χ0v) is 12.0. The normalized spacial score (nSPS) is 15.0. The molecule has 2 aromatic rings. The number of aromatic nitrogens is 2. The quantitative estimate of drug-likeness (QED) is 0.846. The highest BCUT2D eigenvalue weighted by atomic mass is 19.1. The Balaban J connectivity index is 1.82. The molecule has 2 heterocycles. The predicted molar refractivity (Wildman–Crippen MR) is 81.9 cm³/mol. The van der Waals surface area contributed by atoms with E-state index in [0.717, 1.165) is 26.2 Å². The summed E-state index contributed by atoms with van der Waals surface area (Å²) in [4.78, 5) is 26.9. The molecule has 22 heavy (non-hydrogen) atoms. The van der Waals surface area contributed by atoms with Gasteiger partial charge in [-0.1, -0.05) is 6.07 Å². The zero-order valence-electron chi connectivity index (χ0n) is 12.0. The molecule has 0 radical (unpaired) electrons. The Kier molecular flexibility index (Phi) is 4.06. The Morgan fingerprint density at radius 1 is 1.14 bits per heavy atom. The molecule has 0 aliphatic carbocycles. The highest BCUT2D eigenvalue weighted by molar-refractivity contribution is 5.49. The van der Waals surface area contributed by atoms with E-state index in [0.29, 0.717) is 11.3 Å². The van der Waals surface area contributed by atoms with Crippen LogP contribution in [-0.2, 0) is 6.54 Å². The first-order valence-corrected chi connectivity index (χ1v) is 7.17. The lowest BCUT2D eigenvalue weighted by Crippen LogP contribution is -2.43. The van der Waals surface area contributed by atoms with Crippen LogP contribution >= 0.6 is 0 Å². The van der Waals surface area contributed by atoms with Gasteiger partial charge in [-0.05, 0) is 17.7 Å². The molecule has 7 heteroatoms. The molecule has 1 aromatic heterocycles. The van der Waals surface area contributed by atoms with Gasteiger partial charge in [0.1, 0.15) is 5.82 Å². The fourth-order valence-electron chi connectivity index (χ4n) is 2.58. The lowest BCUT2D eigenvalue weighted by molar-refractivity contribution is 0.565. The maximum absolute atomic E-state index is 14.3. The van der Waals surface area contributed by atoms with E-state index >= 15 is 0 Å². The molecule has 1 saturated heterocycles. The second kappa shape index (κ2) is 6.15. The standard InChI is InChI=1S/C15H17FN4O2/c16-12-9-11(10-20-6-3-14(21)18-15(20)22)1-2-13(12)19-7-4-17-5-8-19/h1-3,6,9,17H,4-5,7-8,10H2,(H,18,21,22). The van der Waals surface area contributed by atoms with E-state index in [9.17, 15) is 14.0 Å². The molecule has 0 atom stereocenters. The van der Waals surface area contributed by atoms with Crippen LogP contribution in [0.5, 0.6) is 0 Å². The van der Waals surface area contributed by atoms with Crippen molar-refractivity contribution in [3.8, 4) is 0 Å². The molecule has 0 amide bonds.